The largest absolute Gasteiger partial charge is 0.491 e. The Morgan fingerprint density at radius 1 is 1.13 bits per heavy atom. The van der Waals surface area contributed by atoms with E-state index in [2.05, 4.69) is 77.0 Å². The Kier molecular flexibility index (Phi) is 6.94. The fourth-order valence-corrected chi connectivity index (χ4v) is 3.59. The molecule has 0 fully saturated rings. The van der Waals surface area contributed by atoms with Crippen molar-refractivity contribution in [3.05, 3.63) is 35.2 Å². The molecule has 0 saturated carbocycles. The van der Waals surface area contributed by atoms with Crippen molar-refractivity contribution in [2.45, 2.75) is 65.8 Å². The Morgan fingerprint density at radius 2 is 1.74 bits per heavy atom. The second kappa shape index (κ2) is 7.71. The molecule has 4 heteroatoms. The molecule has 2 nitrogen and oxygen atoms in total. The third kappa shape index (κ3) is 7.40. The van der Waals surface area contributed by atoms with Crippen molar-refractivity contribution in [3.63, 3.8) is 0 Å². The van der Waals surface area contributed by atoms with E-state index >= 15 is 0 Å². The first-order chi connectivity index (χ1) is 10.3. The fraction of sp³-hybridized carbons (Fsp3) is 0.632. The maximum Gasteiger partial charge on any atom is 0.192 e. The first-order valence-electron chi connectivity index (χ1n) is 8.22. The van der Waals surface area contributed by atoms with Gasteiger partial charge in [-0.3, -0.25) is 0 Å². The third-order valence-corrected chi connectivity index (χ3v) is 9.15. The predicted octanol–water partition coefficient (Wildman–Crippen LogP) is 6.47. The van der Waals surface area contributed by atoms with E-state index in [-0.39, 0.29) is 16.6 Å². The van der Waals surface area contributed by atoms with E-state index in [9.17, 15) is 0 Å². The number of rotatable bonds is 6. The summed E-state index contributed by atoms with van der Waals surface area (Å²) in [5, 5.41) is 0.187. The van der Waals surface area contributed by atoms with Crippen molar-refractivity contribution >= 4 is 24.2 Å². The molecular formula is C19H32BrO2Si. The maximum absolute atomic E-state index is 6.58. The minimum Gasteiger partial charge on any atom is -0.491 e. The number of halogens is 1. The first-order valence-corrected chi connectivity index (χ1v) is 11.9. The van der Waals surface area contributed by atoms with E-state index in [4.69, 9.17) is 9.16 Å². The SMILES string of the molecule is CC(C)(C)[CH][C@H](COc1cccc(Br)c1)O[Si](C)(C)C(C)(C)C. The molecule has 0 aliphatic carbocycles. The fourth-order valence-electron chi connectivity index (χ4n) is 1.96. The summed E-state index contributed by atoms with van der Waals surface area (Å²) in [5.41, 5.74) is 0.0909. The van der Waals surface area contributed by atoms with Crippen LogP contribution < -0.4 is 4.74 Å². The lowest BCUT2D eigenvalue weighted by atomic mass is 9.89. The Bertz CT molecular complexity index is 501. The average molecular weight is 400 g/mol. The van der Waals surface area contributed by atoms with Crippen LogP contribution in [0.1, 0.15) is 41.5 Å². The maximum atomic E-state index is 6.58. The van der Waals surface area contributed by atoms with Gasteiger partial charge in [-0.2, -0.15) is 0 Å². The van der Waals surface area contributed by atoms with Crippen LogP contribution in [0.15, 0.2) is 28.7 Å². The summed E-state index contributed by atoms with van der Waals surface area (Å²) < 4.78 is 13.6. The second-order valence-electron chi connectivity index (χ2n) is 8.72. The highest BCUT2D eigenvalue weighted by molar-refractivity contribution is 9.10. The first kappa shape index (κ1) is 20.7. The van der Waals surface area contributed by atoms with Gasteiger partial charge in [0.15, 0.2) is 8.32 Å². The Labute approximate surface area is 152 Å². The summed E-state index contributed by atoms with van der Waals surface area (Å²) >= 11 is 3.48. The van der Waals surface area contributed by atoms with Gasteiger partial charge in [0.2, 0.25) is 0 Å². The average Bonchev–Trinajstić information content (AvgIpc) is 2.32. The van der Waals surface area contributed by atoms with E-state index in [1.807, 2.05) is 24.3 Å². The van der Waals surface area contributed by atoms with Crippen molar-refractivity contribution in [2.75, 3.05) is 6.61 Å². The number of benzene rings is 1. The summed E-state index contributed by atoms with van der Waals surface area (Å²) in [7, 11) is -1.84. The van der Waals surface area contributed by atoms with Crippen LogP contribution in [-0.4, -0.2) is 21.0 Å². The van der Waals surface area contributed by atoms with Crippen LogP contribution >= 0.6 is 15.9 Å². The van der Waals surface area contributed by atoms with E-state index in [1.54, 1.807) is 0 Å². The van der Waals surface area contributed by atoms with E-state index in [1.165, 1.54) is 0 Å². The molecule has 0 aromatic heterocycles. The Balaban J connectivity index is 2.81. The highest BCUT2D eigenvalue weighted by Gasteiger charge is 2.40. The Hall–Kier alpha value is -0.323. The highest BCUT2D eigenvalue weighted by Crippen LogP contribution is 2.38. The van der Waals surface area contributed by atoms with Crippen LogP contribution in [0.5, 0.6) is 5.75 Å². The molecule has 0 N–H and O–H groups in total. The van der Waals surface area contributed by atoms with E-state index < -0.39 is 8.32 Å². The van der Waals surface area contributed by atoms with Gasteiger partial charge in [0, 0.05) is 4.47 Å². The number of ether oxygens (including phenoxy) is 1. The molecule has 0 spiro atoms. The van der Waals surface area contributed by atoms with Gasteiger partial charge in [0.05, 0.1) is 6.10 Å². The lowest BCUT2D eigenvalue weighted by molar-refractivity contribution is 0.121. The summed E-state index contributed by atoms with van der Waals surface area (Å²) in [6, 6.07) is 7.94. The lowest BCUT2D eigenvalue weighted by Gasteiger charge is -2.40. The van der Waals surface area contributed by atoms with Crippen LogP contribution in [0.2, 0.25) is 18.1 Å². The highest BCUT2D eigenvalue weighted by atomic mass is 79.9. The van der Waals surface area contributed by atoms with Gasteiger partial charge < -0.3 is 9.16 Å². The summed E-state index contributed by atoms with van der Waals surface area (Å²) in [6.07, 6.45) is 2.26. The van der Waals surface area contributed by atoms with E-state index in [0.717, 1.165) is 10.2 Å². The second-order valence-corrected chi connectivity index (χ2v) is 14.4. The van der Waals surface area contributed by atoms with Crippen LogP contribution in [-0.2, 0) is 4.43 Å². The molecule has 1 rings (SSSR count). The van der Waals surface area contributed by atoms with Crippen molar-refractivity contribution in [1.82, 2.24) is 0 Å². The zero-order valence-corrected chi connectivity index (χ0v) is 18.5. The normalized spacial score (nSPS) is 14.7. The third-order valence-electron chi connectivity index (χ3n) is 4.15. The molecule has 1 radical (unpaired) electrons. The van der Waals surface area contributed by atoms with Gasteiger partial charge in [-0.1, -0.05) is 63.5 Å². The molecule has 0 heterocycles. The zero-order chi connectivity index (χ0) is 17.9. The molecule has 1 aromatic rings. The molecule has 0 bridgehead atoms. The molecule has 1 aromatic carbocycles. The molecule has 131 valence electrons. The van der Waals surface area contributed by atoms with Crippen molar-refractivity contribution in [3.8, 4) is 5.75 Å². The molecule has 0 unspecified atom stereocenters. The van der Waals surface area contributed by atoms with Crippen LogP contribution in [0.3, 0.4) is 0 Å². The number of hydrogen-bond donors (Lipinski definition) is 0. The lowest BCUT2D eigenvalue weighted by Crippen LogP contribution is -2.46. The molecule has 0 amide bonds. The van der Waals surface area contributed by atoms with Crippen LogP contribution in [0.4, 0.5) is 0 Å². The molecular weight excluding hydrogens is 368 g/mol. The van der Waals surface area contributed by atoms with Crippen molar-refractivity contribution in [1.29, 1.82) is 0 Å². The van der Waals surface area contributed by atoms with Gasteiger partial charge in [0.25, 0.3) is 0 Å². The molecule has 0 aliphatic rings. The van der Waals surface area contributed by atoms with Gasteiger partial charge in [-0.15, -0.1) is 0 Å². The van der Waals surface area contributed by atoms with Crippen molar-refractivity contribution in [2.24, 2.45) is 5.41 Å². The zero-order valence-electron chi connectivity index (χ0n) is 15.9. The minimum atomic E-state index is -1.84. The minimum absolute atomic E-state index is 0.00475. The van der Waals surface area contributed by atoms with Crippen LogP contribution in [0, 0.1) is 11.8 Å². The number of hydrogen-bond acceptors (Lipinski definition) is 2. The van der Waals surface area contributed by atoms with Crippen LogP contribution in [0.25, 0.3) is 0 Å². The predicted molar refractivity (Wildman–Crippen MR) is 105 cm³/mol. The molecule has 0 saturated heterocycles. The van der Waals surface area contributed by atoms with Crippen molar-refractivity contribution < 1.29 is 9.16 Å². The van der Waals surface area contributed by atoms with Gasteiger partial charge >= 0.3 is 0 Å². The van der Waals surface area contributed by atoms with Gasteiger partial charge in [-0.05, 0) is 48.2 Å². The topological polar surface area (TPSA) is 18.5 Å². The van der Waals surface area contributed by atoms with Gasteiger partial charge in [-0.25, -0.2) is 0 Å². The quantitative estimate of drug-likeness (QED) is 0.510. The standard InChI is InChI=1S/C19H32BrO2Si/c1-18(2,3)13-17(22-23(7,8)19(4,5)6)14-21-16-11-9-10-15(20)12-16/h9-13,17H,14H2,1-8H3/t17-/m1/s1. The Morgan fingerprint density at radius 3 is 2.22 bits per heavy atom. The monoisotopic (exact) mass is 399 g/mol. The summed E-state index contributed by atoms with van der Waals surface area (Å²) in [4.78, 5) is 0. The summed E-state index contributed by atoms with van der Waals surface area (Å²) in [6.45, 7) is 18.5. The van der Waals surface area contributed by atoms with Gasteiger partial charge in [0.1, 0.15) is 12.4 Å². The smallest absolute Gasteiger partial charge is 0.192 e. The molecule has 0 aliphatic heterocycles. The molecule has 1 atom stereocenters. The summed E-state index contributed by atoms with van der Waals surface area (Å²) in [5.74, 6) is 0.866. The molecule has 23 heavy (non-hydrogen) atoms. The van der Waals surface area contributed by atoms with E-state index in [0.29, 0.717) is 6.61 Å².